The van der Waals surface area contributed by atoms with Crippen LogP contribution in [0.2, 0.25) is 0 Å². The molecule has 0 unspecified atom stereocenters. The third-order valence-electron chi connectivity index (χ3n) is 7.22. The van der Waals surface area contributed by atoms with E-state index in [4.69, 9.17) is 14.2 Å². The number of hydrogen-bond acceptors (Lipinski definition) is 9. The van der Waals surface area contributed by atoms with Gasteiger partial charge in [-0.05, 0) is 50.1 Å². The number of amides is 3. The molecular weight excluding hydrogens is 556 g/mol. The van der Waals surface area contributed by atoms with Gasteiger partial charge in [0.05, 0.1) is 44.3 Å². The van der Waals surface area contributed by atoms with Crippen LogP contribution < -0.4 is 20.1 Å². The number of pyridine rings is 1. The zero-order valence-electron chi connectivity index (χ0n) is 25.0. The minimum absolute atomic E-state index is 0.0260. The Bertz CT molecular complexity index is 1490. The summed E-state index contributed by atoms with van der Waals surface area (Å²) in [6, 6.07) is 8.53. The molecule has 0 fully saturated rings. The average molecular weight is 593 g/mol. The van der Waals surface area contributed by atoms with E-state index in [-0.39, 0.29) is 41.6 Å². The molecule has 43 heavy (non-hydrogen) atoms. The molecule has 3 heterocycles. The van der Waals surface area contributed by atoms with Crippen LogP contribution in [0.3, 0.4) is 0 Å². The van der Waals surface area contributed by atoms with Crippen LogP contribution in [0.1, 0.15) is 47.2 Å². The van der Waals surface area contributed by atoms with Crippen molar-refractivity contribution in [1.29, 1.82) is 0 Å². The number of nitrogens with zero attached hydrogens (tertiary/aromatic N) is 4. The van der Waals surface area contributed by atoms with E-state index in [1.54, 1.807) is 49.0 Å². The molecule has 228 valence electrons. The van der Waals surface area contributed by atoms with Gasteiger partial charge in [0.15, 0.2) is 17.3 Å². The number of rotatable bonds is 5. The molecular formula is C30H36N6O7. The smallest absolute Gasteiger partial charge is 0.349 e. The molecule has 0 saturated carbocycles. The number of methoxy groups -OCH3 is 2. The number of carbonyl (C=O) groups excluding carboxylic acids is 4. The largest absolute Gasteiger partial charge is 0.493 e. The van der Waals surface area contributed by atoms with E-state index in [1.807, 2.05) is 19.9 Å². The second-order valence-electron chi connectivity index (χ2n) is 10.5. The lowest BCUT2D eigenvalue weighted by Gasteiger charge is -2.31. The van der Waals surface area contributed by atoms with E-state index >= 15 is 0 Å². The number of ether oxygens (including phenoxy) is 3. The minimum atomic E-state index is -1.28. The van der Waals surface area contributed by atoms with Gasteiger partial charge in [0.25, 0.3) is 11.8 Å². The van der Waals surface area contributed by atoms with Crippen molar-refractivity contribution in [3.05, 3.63) is 65.6 Å². The quantitative estimate of drug-likeness (QED) is 0.423. The Hall–Kier alpha value is -4.94. The Balaban J connectivity index is 1.74. The van der Waals surface area contributed by atoms with E-state index in [1.165, 1.54) is 31.4 Å². The zero-order chi connectivity index (χ0) is 31.3. The van der Waals surface area contributed by atoms with Crippen molar-refractivity contribution >= 4 is 23.7 Å². The fourth-order valence-corrected chi connectivity index (χ4v) is 4.70. The van der Waals surface area contributed by atoms with Crippen molar-refractivity contribution in [2.75, 3.05) is 27.3 Å². The van der Waals surface area contributed by atoms with Gasteiger partial charge < -0.3 is 29.7 Å². The van der Waals surface area contributed by atoms with Crippen molar-refractivity contribution < 1.29 is 33.4 Å². The third kappa shape index (κ3) is 6.93. The average Bonchev–Trinajstić information content (AvgIpc) is 3.38. The summed E-state index contributed by atoms with van der Waals surface area (Å²) in [5.41, 5.74) is 1.06. The zero-order valence-corrected chi connectivity index (χ0v) is 25.0. The van der Waals surface area contributed by atoms with Crippen LogP contribution in [-0.2, 0) is 14.3 Å². The van der Waals surface area contributed by atoms with Gasteiger partial charge in [-0.25, -0.2) is 14.5 Å². The van der Waals surface area contributed by atoms with Crippen molar-refractivity contribution in [1.82, 2.24) is 30.3 Å². The van der Waals surface area contributed by atoms with E-state index in [0.29, 0.717) is 11.5 Å². The van der Waals surface area contributed by atoms with Crippen LogP contribution in [0, 0.1) is 12.8 Å². The Morgan fingerprint density at radius 2 is 1.88 bits per heavy atom. The second kappa shape index (κ2) is 13.4. The van der Waals surface area contributed by atoms with Crippen LogP contribution in [0.25, 0.3) is 5.82 Å². The molecule has 0 saturated heterocycles. The fourth-order valence-electron chi connectivity index (χ4n) is 4.70. The molecule has 3 atom stereocenters. The molecule has 3 amide bonds. The van der Waals surface area contributed by atoms with Crippen molar-refractivity contribution in [2.24, 2.45) is 5.92 Å². The SMILES string of the molecule is COC(=O)[C@@H]1Oc2cc(ccc2OC)C(=O)N[C@@H](C(C)C)CN(C(=O)c2cnn(-c3ccccn3)c2C)CC(=O)N[C@H]1C. The summed E-state index contributed by atoms with van der Waals surface area (Å²) in [6.07, 6.45) is 1.77. The molecule has 1 aliphatic rings. The lowest BCUT2D eigenvalue weighted by atomic mass is 10.0. The van der Waals surface area contributed by atoms with Crippen LogP contribution >= 0.6 is 0 Å². The summed E-state index contributed by atoms with van der Waals surface area (Å²) in [7, 11) is 2.63. The first-order valence-corrected chi connectivity index (χ1v) is 13.8. The highest BCUT2D eigenvalue weighted by molar-refractivity contribution is 5.98. The predicted octanol–water partition coefficient (Wildman–Crippen LogP) is 1.92. The first kappa shape index (κ1) is 31.0. The van der Waals surface area contributed by atoms with Gasteiger partial charge in [-0.2, -0.15) is 5.10 Å². The van der Waals surface area contributed by atoms with E-state index in [0.717, 1.165) is 0 Å². The van der Waals surface area contributed by atoms with Gasteiger partial charge in [0.2, 0.25) is 12.0 Å². The minimum Gasteiger partial charge on any atom is -0.493 e. The summed E-state index contributed by atoms with van der Waals surface area (Å²) in [6.45, 7) is 6.80. The van der Waals surface area contributed by atoms with Gasteiger partial charge >= 0.3 is 5.97 Å². The number of aromatic nitrogens is 3. The fraction of sp³-hybridized carbons (Fsp3) is 0.400. The Kier molecular flexibility index (Phi) is 9.63. The maximum atomic E-state index is 14.0. The highest BCUT2D eigenvalue weighted by atomic mass is 16.6. The Morgan fingerprint density at radius 3 is 2.53 bits per heavy atom. The normalized spacial score (nSPS) is 19.5. The highest BCUT2D eigenvalue weighted by Gasteiger charge is 2.33. The summed E-state index contributed by atoms with van der Waals surface area (Å²) in [5.74, 6) is -1.33. The number of esters is 1. The topological polar surface area (TPSA) is 154 Å². The van der Waals surface area contributed by atoms with Crippen LogP contribution in [0.5, 0.6) is 11.5 Å². The summed E-state index contributed by atoms with van der Waals surface area (Å²) in [4.78, 5) is 59.1. The Labute approximate surface area is 249 Å². The van der Waals surface area contributed by atoms with Crippen molar-refractivity contribution in [3.8, 4) is 17.3 Å². The standard InChI is InChI=1S/C30H36N6O7/c1-17(2)22-15-35(29(39)21-14-32-36(19(21)4)25-9-7-8-12-31-25)16-26(37)33-18(3)27(30(40)42-6)43-24-13-20(28(38)34-22)10-11-23(24)41-5/h7-14,17-18,22,27H,15-16H2,1-6H3,(H,33,37)(H,34,38)/t18-,22+,27+/m0/s1. The molecule has 1 aliphatic heterocycles. The summed E-state index contributed by atoms with van der Waals surface area (Å²) in [5, 5.41) is 10.1. The molecule has 3 aromatic rings. The van der Waals surface area contributed by atoms with Gasteiger partial charge in [-0.1, -0.05) is 19.9 Å². The first-order valence-electron chi connectivity index (χ1n) is 13.8. The number of carbonyl (C=O) groups is 4. The van der Waals surface area contributed by atoms with E-state index in [9.17, 15) is 19.2 Å². The second-order valence-corrected chi connectivity index (χ2v) is 10.5. The summed E-state index contributed by atoms with van der Waals surface area (Å²) < 4.78 is 17.8. The molecule has 0 radical (unpaired) electrons. The molecule has 2 N–H and O–H groups in total. The van der Waals surface area contributed by atoms with Crippen LogP contribution in [-0.4, -0.2) is 88.9 Å². The maximum Gasteiger partial charge on any atom is 0.349 e. The van der Waals surface area contributed by atoms with Crippen molar-refractivity contribution in [3.63, 3.8) is 0 Å². The van der Waals surface area contributed by atoms with E-state index in [2.05, 4.69) is 20.7 Å². The lowest BCUT2D eigenvalue weighted by molar-refractivity contribution is -0.150. The summed E-state index contributed by atoms with van der Waals surface area (Å²) >= 11 is 0. The monoisotopic (exact) mass is 592 g/mol. The Morgan fingerprint density at radius 1 is 1.12 bits per heavy atom. The number of fused-ring (bicyclic) bond motifs is 2. The number of hydrogen-bond donors (Lipinski definition) is 2. The molecule has 0 aliphatic carbocycles. The highest BCUT2D eigenvalue weighted by Crippen LogP contribution is 2.30. The van der Waals surface area contributed by atoms with Gasteiger partial charge in [-0.3, -0.25) is 14.4 Å². The molecule has 2 aromatic heterocycles. The molecule has 13 heteroatoms. The number of benzene rings is 1. The maximum absolute atomic E-state index is 14.0. The predicted molar refractivity (Wildman–Crippen MR) is 155 cm³/mol. The van der Waals surface area contributed by atoms with Crippen molar-refractivity contribution in [2.45, 2.75) is 45.9 Å². The van der Waals surface area contributed by atoms with Gasteiger partial charge in [0.1, 0.15) is 0 Å². The number of nitrogens with one attached hydrogen (secondary N) is 2. The lowest BCUT2D eigenvalue weighted by Crippen LogP contribution is -2.54. The molecule has 13 nitrogen and oxygen atoms in total. The van der Waals surface area contributed by atoms with Crippen LogP contribution in [0.15, 0.2) is 48.8 Å². The molecule has 4 rings (SSSR count). The van der Waals surface area contributed by atoms with E-state index < -0.39 is 41.9 Å². The van der Waals surface area contributed by atoms with Crippen LogP contribution in [0.4, 0.5) is 0 Å². The van der Waals surface area contributed by atoms with Gasteiger partial charge in [0, 0.05) is 24.3 Å². The molecule has 0 spiro atoms. The molecule has 2 bridgehead atoms. The van der Waals surface area contributed by atoms with Gasteiger partial charge in [-0.15, -0.1) is 0 Å². The first-order chi connectivity index (χ1) is 20.5. The third-order valence-corrected chi connectivity index (χ3v) is 7.22. The molecule has 1 aromatic carbocycles.